The van der Waals surface area contributed by atoms with E-state index in [4.69, 9.17) is 4.74 Å². The summed E-state index contributed by atoms with van der Waals surface area (Å²) in [4.78, 5) is 13.7. The van der Waals surface area contributed by atoms with Crippen LogP contribution in [0.5, 0.6) is 5.75 Å². The number of amides is 1. The van der Waals surface area contributed by atoms with Crippen LogP contribution < -0.4 is 9.04 Å². The number of carbonyl (C=O) groups is 1. The van der Waals surface area contributed by atoms with Crippen LogP contribution in [0.15, 0.2) is 24.3 Å². The molecule has 1 rings (SSSR count). The van der Waals surface area contributed by atoms with Gasteiger partial charge in [0.2, 0.25) is 15.9 Å². The van der Waals surface area contributed by atoms with Crippen LogP contribution in [0.2, 0.25) is 0 Å². The summed E-state index contributed by atoms with van der Waals surface area (Å²) in [6.45, 7) is 1.78. The number of hydrogen-bond acceptors (Lipinski definition) is 4. The highest BCUT2D eigenvalue weighted by Crippen LogP contribution is 2.26. The van der Waals surface area contributed by atoms with Crippen LogP contribution in [0.1, 0.15) is 13.3 Å². The Balaban J connectivity index is 3.38. The molecule has 0 saturated heterocycles. The van der Waals surface area contributed by atoms with E-state index in [1.54, 1.807) is 45.3 Å². The van der Waals surface area contributed by atoms with Gasteiger partial charge in [0.05, 0.1) is 19.1 Å². The van der Waals surface area contributed by atoms with E-state index in [0.29, 0.717) is 17.9 Å². The molecule has 0 heterocycles. The zero-order valence-electron chi connectivity index (χ0n) is 13.0. The second-order valence-electron chi connectivity index (χ2n) is 4.92. The summed E-state index contributed by atoms with van der Waals surface area (Å²) in [5.74, 6) is 0.277. The van der Waals surface area contributed by atoms with Crippen molar-refractivity contribution in [1.82, 2.24) is 4.90 Å². The molecular weight excluding hydrogens is 292 g/mol. The van der Waals surface area contributed by atoms with Gasteiger partial charge in [0.15, 0.2) is 0 Å². The van der Waals surface area contributed by atoms with Gasteiger partial charge in [-0.1, -0.05) is 13.0 Å². The molecule has 0 radical (unpaired) electrons. The summed E-state index contributed by atoms with van der Waals surface area (Å²) in [7, 11) is 1.12. The van der Waals surface area contributed by atoms with Crippen LogP contribution in [-0.4, -0.2) is 52.7 Å². The van der Waals surface area contributed by atoms with E-state index in [0.717, 1.165) is 10.6 Å². The maximum atomic E-state index is 12.3. The zero-order chi connectivity index (χ0) is 16.2. The van der Waals surface area contributed by atoms with Gasteiger partial charge in [-0.3, -0.25) is 9.10 Å². The van der Waals surface area contributed by atoms with Crippen molar-refractivity contribution in [2.24, 2.45) is 0 Å². The number of hydrogen-bond donors (Lipinski definition) is 0. The first-order chi connectivity index (χ1) is 9.72. The maximum Gasteiger partial charge on any atom is 0.245 e. The molecule has 0 N–H and O–H groups in total. The highest BCUT2D eigenvalue weighted by atomic mass is 32.2. The van der Waals surface area contributed by atoms with E-state index < -0.39 is 16.1 Å². The molecule has 0 bridgehead atoms. The number of sulfonamides is 1. The molecule has 7 heteroatoms. The molecule has 1 unspecified atom stereocenters. The first-order valence-corrected chi connectivity index (χ1v) is 8.41. The average molecular weight is 314 g/mol. The van der Waals surface area contributed by atoms with E-state index in [1.807, 2.05) is 0 Å². The first-order valence-electron chi connectivity index (χ1n) is 6.57. The number of benzene rings is 1. The van der Waals surface area contributed by atoms with Gasteiger partial charge in [0.25, 0.3) is 0 Å². The minimum atomic E-state index is -3.60. The molecule has 0 fully saturated rings. The molecule has 0 spiro atoms. The summed E-state index contributed by atoms with van der Waals surface area (Å²) < 4.78 is 30.6. The Hall–Kier alpha value is -1.76. The molecule has 0 aliphatic heterocycles. The van der Waals surface area contributed by atoms with Crippen molar-refractivity contribution in [3.63, 3.8) is 0 Å². The summed E-state index contributed by atoms with van der Waals surface area (Å²) in [5, 5.41) is 0. The van der Waals surface area contributed by atoms with Crippen LogP contribution in [0.25, 0.3) is 0 Å². The quantitative estimate of drug-likeness (QED) is 0.794. The first kappa shape index (κ1) is 17.3. The van der Waals surface area contributed by atoms with Gasteiger partial charge in [-0.05, 0) is 18.6 Å². The summed E-state index contributed by atoms with van der Waals surface area (Å²) in [6.07, 6.45) is 1.47. The standard InChI is InChI=1S/C14H22N2O4S/c1-6-13(14(17)15(2)3)16(21(5,18)19)11-8-7-9-12(10-11)20-4/h7-10,13H,6H2,1-5H3. The second-order valence-corrected chi connectivity index (χ2v) is 6.78. The number of ether oxygens (including phenoxy) is 1. The third-order valence-electron chi connectivity index (χ3n) is 3.06. The Morgan fingerprint density at radius 1 is 1.33 bits per heavy atom. The van der Waals surface area contributed by atoms with Crippen molar-refractivity contribution in [3.8, 4) is 5.75 Å². The van der Waals surface area contributed by atoms with E-state index in [2.05, 4.69) is 0 Å². The van der Waals surface area contributed by atoms with Crippen LogP contribution in [0.4, 0.5) is 5.69 Å². The molecule has 21 heavy (non-hydrogen) atoms. The van der Waals surface area contributed by atoms with Gasteiger partial charge in [0, 0.05) is 20.2 Å². The number of anilines is 1. The fourth-order valence-corrected chi connectivity index (χ4v) is 3.29. The molecule has 118 valence electrons. The van der Waals surface area contributed by atoms with E-state index in [9.17, 15) is 13.2 Å². The lowest BCUT2D eigenvalue weighted by molar-refractivity contribution is -0.129. The number of likely N-dealkylation sites (N-methyl/N-ethyl adjacent to an activating group) is 1. The van der Waals surface area contributed by atoms with E-state index in [1.165, 1.54) is 12.0 Å². The minimum absolute atomic E-state index is 0.259. The fourth-order valence-electron chi connectivity index (χ4n) is 2.09. The normalized spacial score (nSPS) is 12.6. The molecule has 6 nitrogen and oxygen atoms in total. The van der Waals surface area contributed by atoms with Crippen molar-refractivity contribution in [2.75, 3.05) is 31.8 Å². The molecule has 1 aromatic carbocycles. The molecule has 1 aromatic rings. The van der Waals surface area contributed by atoms with Crippen molar-refractivity contribution in [2.45, 2.75) is 19.4 Å². The Kier molecular flexibility index (Phi) is 5.60. The van der Waals surface area contributed by atoms with Gasteiger partial charge in [-0.2, -0.15) is 0 Å². The molecular formula is C14H22N2O4S. The highest BCUT2D eigenvalue weighted by Gasteiger charge is 2.32. The molecule has 0 aliphatic rings. The lowest BCUT2D eigenvalue weighted by Crippen LogP contribution is -2.48. The van der Waals surface area contributed by atoms with Gasteiger partial charge in [-0.25, -0.2) is 8.42 Å². The van der Waals surface area contributed by atoms with Gasteiger partial charge < -0.3 is 9.64 Å². The number of methoxy groups -OCH3 is 1. The minimum Gasteiger partial charge on any atom is -0.497 e. The predicted octanol–water partition coefficient (Wildman–Crippen LogP) is 1.33. The van der Waals surface area contributed by atoms with Crippen LogP contribution in [-0.2, 0) is 14.8 Å². The zero-order valence-corrected chi connectivity index (χ0v) is 13.8. The van der Waals surface area contributed by atoms with Crippen LogP contribution >= 0.6 is 0 Å². The summed E-state index contributed by atoms with van der Waals surface area (Å²) >= 11 is 0. The predicted molar refractivity (Wildman–Crippen MR) is 83.1 cm³/mol. The van der Waals surface area contributed by atoms with Crippen molar-refractivity contribution < 1.29 is 17.9 Å². The summed E-state index contributed by atoms with van der Waals surface area (Å²) in [6, 6.07) is 5.89. The Labute approximate surface area is 126 Å². The molecule has 0 aromatic heterocycles. The lowest BCUT2D eigenvalue weighted by Gasteiger charge is -2.31. The van der Waals surface area contributed by atoms with Crippen LogP contribution in [0, 0.1) is 0 Å². The van der Waals surface area contributed by atoms with Gasteiger partial charge in [0.1, 0.15) is 11.8 Å². The average Bonchev–Trinajstić information content (AvgIpc) is 2.42. The summed E-state index contributed by atoms with van der Waals surface area (Å²) in [5.41, 5.74) is 0.416. The van der Waals surface area contributed by atoms with Crippen molar-refractivity contribution in [1.29, 1.82) is 0 Å². The topological polar surface area (TPSA) is 66.9 Å². The fraction of sp³-hybridized carbons (Fsp3) is 0.500. The molecule has 1 atom stereocenters. The van der Waals surface area contributed by atoms with Crippen molar-refractivity contribution >= 4 is 21.6 Å². The molecule has 1 amide bonds. The lowest BCUT2D eigenvalue weighted by atomic mass is 10.2. The number of nitrogens with zero attached hydrogens (tertiary/aromatic N) is 2. The van der Waals surface area contributed by atoms with Gasteiger partial charge >= 0.3 is 0 Å². The smallest absolute Gasteiger partial charge is 0.245 e. The maximum absolute atomic E-state index is 12.3. The second kappa shape index (κ2) is 6.80. The Morgan fingerprint density at radius 3 is 2.38 bits per heavy atom. The Bertz CT molecular complexity index is 599. The SMILES string of the molecule is CCC(C(=O)N(C)C)N(c1cccc(OC)c1)S(C)(=O)=O. The van der Waals surface area contributed by atoms with Crippen molar-refractivity contribution in [3.05, 3.63) is 24.3 Å². The molecule has 0 aliphatic carbocycles. The Morgan fingerprint density at radius 2 is 1.95 bits per heavy atom. The number of rotatable bonds is 6. The largest absolute Gasteiger partial charge is 0.497 e. The third-order valence-corrected chi connectivity index (χ3v) is 4.24. The van der Waals surface area contributed by atoms with Gasteiger partial charge in [-0.15, -0.1) is 0 Å². The monoisotopic (exact) mass is 314 g/mol. The van der Waals surface area contributed by atoms with E-state index in [-0.39, 0.29) is 5.91 Å². The third kappa shape index (κ3) is 4.10. The van der Waals surface area contributed by atoms with Crippen LogP contribution in [0.3, 0.4) is 0 Å². The number of carbonyl (C=O) groups excluding carboxylic acids is 1. The highest BCUT2D eigenvalue weighted by molar-refractivity contribution is 7.92. The molecule has 0 saturated carbocycles. The van der Waals surface area contributed by atoms with E-state index >= 15 is 0 Å².